The van der Waals surface area contributed by atoms with Crippen LogP contribution in [0.25, 0.3) is 0 Å². The summed E-state index contributed by atoms with van der Waals surface area (Å²) in [6.45, 7) is 1.19. The van der Waals surface area contributed by atoms with Crippen molar-refractivity contribution in [1.29, 1.82) is 0 Å². The van der Waals surface area contributed by atoms with E-state index in [-0.39, 0.29) is 0 Å². The van der Waals surface area contributed by atoms with E-state index in [0.717, 1.165) is 17.9 Å². The van der Waals surface area contributed by atoms with Crippen molar-refractivity contribution < 1.29 is 0 Å². The second-order valence-corrected chi connectivity index (χ2v) is 7.16. The Morgan fingerprint density at radius 3 is 2.10 bits per heavy atom. The first-order valence-electron chi connectivity index (χ1n) is 9.22. The van der Waals surface area contributed by atoms with Crippen LogP contribution in [-0.2, 0) is 0 Å². The lowest BCUT2D eigenvalue weighted by molar-refractivity contribution is 0.279. The highest BCUT2D eigenvalue weighted by Gasteiger charge is 2.25. The maximum Gasteiger partial charge on any atom is 0.00673 e. The molecule has 2 aliphatic carbocycles. The lowest BCUT2D eigenvalue weighted by atomic mass is 9.76. The Bertz CT molecular complexity index is 388. The SMILES string of the molecule is c1ccc(C(CNC2CCCCC2)C2CCCCC2)cc1. The van der Waals surface area contributed by atoms with Crippen LogP contribution < -0.4 is 5.32 Å². The topological polar surface area (TPSA) is 12.0 Å². The van der Waals surface area contributed by atoms with E-state index in [2.05, 4.69) is 35.6 Å². The third-order valence-electron chi connectivity index (χ3n) is 5.68. The van der Waals surface area contributed by atoms with Gasteiger partial charge < -0.3 is 5.32 Å². The first kappa shape index (κ1) is 15.1. The van der Waals surface area contributed by atoms with Gasteiger partial charge in [0.25, 0.3) is 0 Å². The Labute approximate surface area is 130 Å². The lowest BCUT2D eigenvalue weighted by Crippen LogP contribution is -2.36. The highest BCUT2D eigenvalue weighted by Crippen LogP contribution is 2.36. The minimum atomic E-state index is 0.730. The van der Waals surface area contributed by atoms with Crippen LogP contribution in [0.5, 0.6) is 0 Å². The molecule has 1 heteroatoms. The number of nitrogens with one attached hydrogen (secondary N) is 1. The van der Waals surface area contributed by atoms with Crippen molar-refractivity contribution in [1.82, 2.24) is 5.32 Å². The molecule has 2 saturated carbocycles. The minimum Gasteiger partial charge on any atom is -0.313 e. The highest BCUT2D eigenvalue weighted by atomic mass is 14.9. The van der Waals surface area contributed by atoms with E-state index in [4.69, 9.17) is 0 Å². The molecule has 1 atom stereocenters. The summed E-state index contributed by atoms with van der Waals surface area (Å²) in [4.78, 5) is 0. The Morgan fingerprint density at radius 1 is 0.810 bits per heavy atom. The van der Waals surface area contributed by atoms with Crippen LogP contribution in [0, 0.1) is 5.92 Å². The van der Waals surface area contributed by atoms with E-state index in [9.17, 15) is 0 Å². The van der Waals surface area contributed by atoms with Gasteiger partial charge in [-0.05, 0) is 43.1 Å². The van der Waals surface area contributed by atoms with Crippen LogP contribution in [0.2, 0.25) is 0 Å². The molecule has 0 heterocycles. The van der Waals surface area contributed by atoms with Gasteiger partial charge in [0.15, 0.2) is 0 Å². The number of benzene rings is 1. The van der Waals surface area contributed by atoms with Crippen LogP contribution >= 0.6 is 0 Å². The molecule has 0 saturated heterocycles. The Hall–Kier alpha value is -0.820. The molecule has 0 aliphatic heterocycles. The van der Waals surface area contributed by atoms with Crippen molar-refractivity contribution in [3.63, 3.8) is 0 Å². The van der Waals surface area contributed by atoms with Crippen LogP contribution in [0.4, 0.5) is 0 Å². The van der Waals surface area contributed by atoms with Crippen LogP contribution in [-0.4, -0.2) is 12.6 Å². The fourth-order valence-corrected chi connectivity index (χ4v) is 4.39. The largest absolute Gasteiger partial charge is 0.313 e. The standard InChI is InChI=1S/C20H31N/c1-4-10-17(11-5-1)20(18-12-6-2-7-13-18)16-21-19-14-8-3-9-15-19/h1,4-5,10-11,18-21H,2-3,6-9,12-16H2. The lowest BCUT2D eigenvalue weighted by Gasteiger charge is -2.33. The molecule has 1 N–H and O–H groups in total. The molecule has 116 valence electrons. The molecule has 21 heavy (non-hydrogen) atoms. The Morgan fingerprint density at radius 2 is 1.43 bits per heavy atom. The van der Waals surface area contributed by atoms with E-state index >= 15 is 0 Å². The molecule has 1 nitrogen and oxygen atoms in total. The molecule has 0 bridgehead atoms. The Balaban J connectivity index is 1.63. The number of hydrogen-bond acceptors (Lipinski definition) is 1. The van der Waals surface area contributed by atoms with Gasteiger partial charge in [0.2, 0.25) is 0 Å². The second kappa shape index (κ2) is 7.98. The van der Waals surface area contributed by atoms with E-state index in [1.54, 1.807) is 5.56 Å². The van der Waals surface area contributed by atoms with Crippen molar-refractivity contribution in [2.75, 3.05) is 6.54 Å². The summed E-state index contributed by atoms with van der Waals surface area (Å²) in [5.41, 5.74) is 1.56. The molecule has 2 fully saturated rings. The van der Waals surface area contributed by atoms with Crippen molar-refractivity contribution in [3.05, 3.63) is 35.9 Å². The zero-order valence-corrected chi connectivity index (χ0v) is 13.4. The fourth-order valence-electron chi connectivity index (χ4n) is 4.39. The summed E-state index contributed by atoms with van der Waals surface area (Å²) in [5, 5.41) is 3.92. The zero-order valence-electron chi connectivity index (χ0n) is 13.4. The predicted molar refractivity (Wildman–Crippen MR) is 90.6 cm³/mol. The Kier molecular flexibility index (Phi) is 5.74. The first-order valence-corrected chi connectivity index (χ1v) is 9.22. The van der Waals surface area contributed by atoms with Gasteiger partial charge in [-0.25, -0.2) is 0 Å². The molecular formula is C20H31N. The summed E-state index contributed by atoms with van der Waals surface area (Å²) in [6, 6.07) is 12.1. The molecule has 1 unspecified atom stereocenters. The fraction of sp³-hybridized carbons (Fsp3) is 0.700. The van der Waals surface area contributed by atoms with Gasteiger partial charge in [0, 0.05) is 12.6 Å². The van der Waals surface area contributed by atoms with Gasteiger partial charge in [-0.2, -0.15) is 0 Å². The number of rotatable bonds is 5. The maximum atomic E-state index is 3.92. The third kappa shape index (κ3) is 4.32. The van der Waals surface area contributed by atoms with Gasteiger partial charge in [0.05, 0.1) is 0 Å². The van der Waals surface area contributed by atoms with E-state index in [1.807, 2.05) is 0 Å². The molecule has 1 aromatic rings. The molecule has 0 radical (unpaired) electrons. The highest BCUT2D eigenvalue weighted by molar-refractivity contribution is 5.21. The van der Waals surface area contributed by atoms with Gasteiger partial charge in [-0.15, -0.1) is 0 Å². The quantitative estimate of drug-likeness (QED) is 0.777. The molecule has 2 aliphatic rings. The minimum absolute atomic E-state index is 0.730. The van der Waals surface area contributed by atoms with Crippen LogP contribution in [0.3, 0.4) is 0 Å². The average molecular weight is 285 g/mol. The average Bonchev–Trinajstić information content (AvgIpc) is 2.58. The van der Waals surface area contributed by atoms with Gasteiger partial charge in [-0.3, -0.25) is 0 Å². The molecule has 0 amide bonds. The second-order valence-electron chi connectivity index (χ2n) is 7.16. The predicted octanol–water partition coefficient (Wildman–Crippen LogP) is 5.27. The monoisotopic (exact) mass is 285 g/mol. The van der Waals surface area contributed by atoms with E-state index < -0.39 is 0 Å². The van der Waals surface area contributed by atoms with Gasteiger partial charge in [0.1, 0.15) is 0 Å². The zero-order chi connectivity index (χ0) is 14.3. The molecule has 1 aromatic carbocycles. The molecular weight excluding hydrogens is 254 g/mol. The van der Waals surface area contributed by atoms with Gasteiger partial charge in [-0.1, -0.05) is 68.9 Å². The summed E-state index contributed by atoms with van der Waals surface area (Å²) in [5.74, 6) is 1.63. The van der Waals surface area contributed by atoms with E-state index in [1.165, 1.54) is 70.8 Å². The van der Waals surface area contributed by atoms with Crippen molar-refractivity contribution in [2.45, 2.75) is 76.2 Å². The van der Waals surface area contributed by atoms with Crippen molar-refractivity contribution >= 4 is 0 Å². The summed E-state index contributed by atoms with van der Waals surface area (Å²) < 4.78 is 0. The maximum absolute atomic E-state index is 3.92. The first-order chi connectivity index (χ1) is 10.4. The molecule has 3 rings (SSSR count). The van der Waals surface area contributed by atoms with Crippen LogP contribution in [0.15, 0.2) is 30.3 Å². The van der Waals surface area contributed by atoms with Crippen molar-refractivity contribution in [3.8, 4) is 0 Å². The normalized spacial score (nSPS) is 23.0. The summed E-state index contributed by atoms with van der Waals surface area (Å²) in [6.07, 6.45) is 14.3. The summed E-state index contributed by atoms with van der Waals surface area (Å²) >= 11 is 0. The third-order valence-corrected chi connectivity index (χ3v) is 5.68. The van der Waals surface area contributed by atoms with E-state index in [0.29, 0.717) is 0 Å². The molecule has 0 aromatic heterocycles. The molecule has 0 spiro atoms. The van der Waals surface area contributed by atoms with Gasteiger partial charge >= 0.3 is 0 Å². The van der Waals surface area contributed by atoms with Crippen LogP contribution in [0.1, 0.15) is 75.7 Å². The summed E-state index contributed by atoms with van der Waals surface area (Å²) in [7, 11) is 0. The number of hydrogen-bond donors (Lipinski definition) is 1. The smallest absolute Gasteiger partial charge is 0.00673 e. The van der Waals surface area contributed by atoms with Crippen molar-refractivity contribution in [2.24, 2.45) is 5.92 Å².